The lowest BCUT2D eigenvalue weighted by molar-refractivity contribution is 0.164. The second kappa shape index (κ2) is 6.68. The zero-order valence-corrected chi connectivity index (χ0v) is 11.6. The topological polar surface area (TPSA) is 70.2 Å². The maximum Gasteiger partial charge on any atom is 0.290 e. The Morgan fingerprint density at radius 3 is 3.26 bits per heavy atom. The van der Waals surface area contributed by atoms with E-state index in [-0.39, 0.29) is 5.56 Å². The minimum atomic E-state index is -0.118. The van der Waals surface area contributed by atoms with Crippen LogP contribution in [-0.4, -0.2) is 48.9 Å². The van der Waals surface area contributed by atoms with Crippen molar-refractivity contribution < 1.29 is 4.74 Å². The molecule has 2 heterocycles. The summed E-state index contributed by atoms with van der Waals surface area (Å²) in [6, 6.07) is 0.692. The molecule has 106 valence electrons. The van der Waals surface area contributed by atoms with Crippen LogP contribution in [0.3, 0.4) is 0 Å². The van der Waals surface area contributed by atoms with Gasteiger partial charge in [-0.25, -0.2) is 4.98 Å². The third kappa shape index (κ3) is 3.78. The van der Waals surface area contributed by atoms with Gasteiger partial charge in [0.1, 0.15) is 0 Å². The minimum absolute atomic E-state index is 0.118. The first-order valence-electron chi connectivity index (χ1n) is 6.74. The molecule has 6 nitrogen and oxygen atoms in total. The summed E-state index contributed by atoms with van der Waals surface area (Å²) in [5.74, 6) is 0.522. The van der Waals surface area contributed by atoms with Gasteiger partial charge in [-0.3, -0.25) is 4.79 Å². The van der Waals surface area contributed by atoms with Crippen LogP contribution in [0, 0.1) is 0 Å². The number of nitrogens with zero attached hydrogens (tertiary/aromatic N) is 2. The molecule has 0 radical (unpaired) electrons. The lowest BCUT2D eigenvalue weighted by Crippen LogP contribution is -2.50. The fourth-order valence-corrected chi connectivity index (χ4v) is 2.58. The van der Waals surface area contributed by atoms with Gasteiger partial charge >= 0.3 is 0 Å². The zero-order valence-electron chi connectivity index (χ0n) is 11.6. The van der Waals surface area contributed by atoms with Crippen molar-refractivity contribution in [3.63, 3.8) is 0 Å². The number of aromatic nitrogens is 2. The van der Waals surface area contributed by atoms with E-state index in [0.29, 0.717) is 24.5 Å². The van der Waals surface area contributed by atoms with E-state index in [1.54, 1.807) is 19.5 Å². The van der Waals surface area contributed by atoms with E-state index in [0.717, 1.165) is 25.9 Å². The molecule has 1 aliphatic heterocycles. The van der Waals surface area contributed by atoms with Crippen LogP contribution in [0.2, 0.25) is 0 Å². The number of hydrogen-bond acceptors (Lipinski definition) is 5. The molecule has 1 aromatic rings. The summed E-state index contributed by atoms with van der Waals surface area (Å²) in [5.41, 5.74) is -0.118. The Labute approximate surface area is 113 Å². The zero-order chi connectivity index (χ0) is 13.7. The van der Waals surface area contributed by atoms with E-state index in [1.807, 2.05) is 0 Å². The first kappa shape index (κ1) is 14.0. The van der Waals surface area contributed by atoms with Gasteiger partial charge in [0.25, 0.3) is 5.56 Å². The molecule has 1 fully saturated rings. The summed E-state index contributed by atoms with van der Waals surface area (Å²) >= 11 is 0. The molecule has 19 heavy (non-hydrogen) atoms. The fraction of sp³-hybridized carbons (Fsp3) is 0.692. The first-order chi connectivity index (χ1) is 9.20. The normalized spacial score (nSPS) is 21.4. The van der Waals surface area contributed by atoms with Gasteiger partial charge in [-0.05, 0) is 19.8 Å². The Morgan fingerprint density at radius 1 is 1.68 bits per heavy atom. The van der Waals surface area contributed by atoms with Crippen LogP contribution in [0.15, 0.2) is 17.2 Å². The van der Waals surface area contributed by atoms with Crippen molar-refractivity contribution in [2.75, 3.05) is 31.7 Å². The number of rotatable bonds is 5. The van der Waals surface area contributed by atoms with Gasteiger partial charge in [0.15, 0.2) is 5.82 Å². The van der Waals surface area contributed by atoms with Gasteiger partial charge in [-0.2, -0.15) is 0 Å². The monoisotopic (exact) mass is 266 g/mol. The second-order valence-electron chi connectivity index (χ2n) is 5.05. The molecule has 0 aromatic carbocycles. The highest BCUT2D eigenvalue weighted by Gasteiger charge is 2.23. The minimum Gasteiger partial charge on any atom is -0.383 e. The molecular weight excluding hydrogens is 244 g/mol. The Bertz CT molecular complexity index is 448. The van der Waals surface area contributed by atoms with E-state index in [4.69, 9.17) is 4.74 Å². The number of anilines is 1. The molecule has 1 saturated heterocycles. The third-order valence-electron chi connectivity index (χ3n) is 3.35. The molecule has 2 atom stereocenters. The van der Waals surface area contributed by atoms with Crippen molar-refractivity contribution in [3.05, 3.63) is 22.7 Å². The molecule has 2 N–H and O–H groups in total. The summed E-state index contributed by atoms with van der Waals surface area (Å²) in [5, 5.41) is 3.53. The second-order valence-corrected chi connectivity index (χ2v) is 5.05. The lowest BCUT2D eigenvalue weighted by Gasteiger charge is -2.34. The summed E-state index contributed by atoms with van der Waals surface area (Å²) in [7, 11) is 1.71. The molecule has 0 saturated carbocycles. The Kier molecular flexibility index (Phi) is 4.93. The summed E-state index contributed by atoms with van der Waals surface area (Å²) < 4.78 is 5.13. The molecule has 2 rings (SSSR count). The third-order valence-corrected chi connectivity index (χ3v) is 3.35. The van der Waals surface area contributed by atoms with Crippen molar-refractivity contribution in [1.82, 2.24) is 15.3 Å². The molecule has 6 heteroatoms. The van der Waals surface area contributed by atoms with E-state index >= 15 is 0 Å². The SMILES string of the molecule is COCC(C)NC1CCCN(c2ncc[nH]c2=O)C1. The smallest absolute Gasteiger partial charge is 0.290 e. The molecule has 1 aliphatic rings. The van der Waals surface area contributed by atoms with Gasteiger partial charge in [0, 0.05) is 44.7 Å². The number of ether oxygens (including phenoxy) is 1. The predicted molar refractivity (Wildman–Crippen MR) is 74.6 cm³/mol. The maximum absolute atomic E-state index is 11.7. The van der Waals surface area contributed by atoms with Crippen molar-refractivity contribution in [2.45, 2.75) is 31.8 Å². The number of piperidine rings is 1. The fourth-order valence-electron chi connectivity index (χ4n) is 2.58. The van der Waals surface area contributed by atoms with E-state index in [1.165, 1.54) is 0 Å². The number of hydrogen-bond donors (Lipinski definition) is 2. The predicted octanol–water partition coefficient (Wildman–Crippen LogP) is 0.363. The van der Waals surface area contributed by atoms with Crippen molar-refractivity contribution in [3.8, 4) is 0 Å². The van der Waals surface area contributed by atoms with Gasteiger partial charge < -0.3 is 19.9 Å². The van der Waals surface area contributed by atoms with Crippen LogP contribution >= 0.6 is 0 Å². The van der Waals surface area contributed by atoms with E-state index in [9.17, 15) is 4.79 Å². The Balaban J connectivity index is 1.97. The van der Waals surface area contributed by atoms with Crippen molar-refractivity contribution >= 4 is 5.82 Å². The molecule has 0 aliphatic carbocycles. The highest BCUT2D eigenvalue weighted by Crippen LogP contribution is 2.14. The highest BCUT2D eigenvalue weighted by atomic mass is 16.5. The van der Waals surface area contributed by atoms with Crippen LogP contribution in [-0.2, 0) is 4.74 Å². The van der Waals surface area contributed by atoms with Crippen molar-refractivity contribution in [2.24, 2.45) is 0 Å². The average molecular weight is 266 g/mol. The largest absolute Gasteiger partial charge is 0.383 e. The van der Waals surface area contributed by atoms with Crippen molar-refractivity contribution in [1.29, 1.82) is 0 Å². The van der Waals surface area contributed by atoms with Crippen LogP contribution in [0.25, 0.3) is 0 Å². The molecule has 1 aromatic heterocycles. The number of aromatic amines is 1. The molecule has 0 spiro atoms. The Morgan fingerprint density at radius 2 is 2.53 bits per heavy atom. The van der Waals surface area contributed by atoms with Crippen LogP contribution < -0.4 is 15.8 Å². The summed E-state index contributed by atoms with van der Waals surface area (Å²) in [6.07, 6.45) is 5.37. The number of methoxy groups -OCH3 is 1. The molecule has 0 bridgehead atoms. The highest BCUT2D eigenvalue weighted by molar-refractivity contribution is 5.36. The lowest BCUT2D eigenvalue weighted by atomic mass is 10.0. The molecular formula is C13H22N4O2. The molecule has 2 unspecified atom stereocenters. The van der Waals surface area contributed by atoms with Gasteiger partial charge in [-0.1, -0.05) is 0 Å². The standard InChI is InChI=1S/C13H22N4O2/c1-10(9-19-2)16-11-4-3-7-17(8-11)12-13(18)15-6-5-14-12/h5-6,10-11,16H,3-4,7-9H2,1-2H3,(H,15,18). The van der Waals surface area contributed by atoms with E-state index in [2.05, 4.69) is 27.1 Å². The van der Waals surface area contributed by atoms with Gasteiger partial charge in [-0.15, -0.1) is 0 Å². The number of H-pyrrole nitrogens is 1. The van der Waals surface area contributed by atoms with Gasteiger partial charge in [0.2, 0.25) is 0 Å². The molecule has 0 amide bonds. The van der Waals surface area contributed by atoms with Crippen LogP contribution in [0.5, 0.6) is 0 Å². The van der Waals surface area contributed by atoms with E-state index < -0.39 is 0 Å². The quantitative estimate of drug-likeness (QED) is 0.805. The summed E-state index contributed by atoms with van der Waals surface area (Å²) in [4.78, 5) is 20.7. The summed E-state index contributed by atoms with van der Waals surface area (Å²) in [6.45, 7) is 4.50. The van der Waals surface area contributed by atoms with Gasteiger partial charge in [0.05, 0.1) is 6.61 Å². The number of nitrogens with one attached hydrogen (secondary N) is 2. The van der Waals surface area contributed by atoms with Crippen LogP contribution in [0.1, 0.15) is 19.8 Å². The Hall–Kier alpha value is -1.40. The average Bonchev–Trinajstić information content (AvgIpc) is 2.40. The first-order valence-corrected chi connectivity index (χ1v) is 6.74. The maximum atomic E-state index is 11.7. The van der Waals surface area contributed by atoms with Crippen LogP contribution in [0.4, 0.5) is 5.82 Å².